The molecule has 1 N–H and O–H groups in total. The fraction of sp³-hybridized carbons (Fsp3) is 0.417. The van der Waals surface area contributed by atoms with Crippen LogP contribution >= 0.6 is 11.6 Å². The molecule has 0 radical (unpaired) electrons. The van der Waals surface area contributed by atoms with Gasteiger partial charge >= 0.3 is 0 Å². The summed E-state index contributed by atoms with van der Waals surface area (Å²) in [4.78, 5) is 13.6. The molecule has 2 rings (SSSR count). The van der Waals surface area contributed by atoms with E-state index >= 15 is 0 Å². The normalized spacial score (nSPS) is 21.9. The van der Waals surface area contributed by atoms with Crippen molar-refractivity contribution < 1.29 is 4.79 Å². The highest BCUT2D eigenvalue weighted by Gasteiger charge is 2.24. The van der Waals surface area contributed by atoms with E-state index in [2.05, 4.69) is 10.2 Å². The highest BCUT2D eigenvalue weighted by Crippen LogP contribution is 2.14. The maximum atomic E-state index is 11.5. The zero-order chi connectivity index (χ0) is 11.5. The van der Waals surface area contributed by atoms with Crippen molar-refractivity contribution in [1.29, 1.82) is 0 Å². The number of hydrogen-bond donors (Lipinski definition) is 1. The predicted octanol–water partition coefficient (Wildman–Crippen LogP) is 1.66. The van der Waals surface area contributed by atoms with Gasteiger partial charge in [-0.25, -0.2) is 0 Å². The minimum absolute atomic E-state index is 0.0515. The number of carbonyl (C=O) groups excluding carboxylic acids is 1. The number of hydrogen-bond acceptors (Lipinski definition) is 2. The third-order valence-electron chi connectivity index (χ3n) is 2.92. The quantitative estimate of drug-likeness (QED) is 0.850. The molecule has 1 aromatic rings. The van der Waals surface area contributed by atoms with Crippen LogP contribution in [0.2, 0.25) is 5.02 Å². The average molecular weight is 239 g/mol. The van der Waals surface area contributed by atoms with Crippen molar-refractivity contribution in [2.75, 3.05) is 13.1 Å². The molecule has 1 aliphatic rings. The monoisotopic (exact) mass is 238 g/mol. The predicted molar refractivity (Wildman–Crippen MR) is 64.3 cm³/mol. The number of piperazine rings is 1. The summed E-state index contributed by atoms with van der Waals surface area (Å²) in [6, 6.07) is 7.71. The molecular weight excluding hydrogens is 224 g/mol. The van der Waals surface area contributed by atoms with Gasteiger partial charge in [0.05, 0.1) is 6.04 Å². The third kappa shape index (κ3) is 2.54. The lowest BCUT2D eigenvalue weighted by molar-refractivity contribution is -0.128. The lowest BCUT2D eigenvalue weighted by atomic mass is 10.1. The van der Waals surface area contributed by atoms with E-state index in [1.165, 1.54) is 5.56 Å². The van der Waals surface area contributed by atoms with E-state index in [1.807, 2.05) is 31.2 Å². The average Bonchev–Trinajstić information content (AvgIpc) is 2.28. The lowest BCUT2D eigenvalue weighted by Gasteiger charge is -2.32. The Balaban J connectivity index is 2.03. The molecule has 0 saturated carbocycles. The first-order valence-electron chi connectivity index (χ1n) is 5.43. The number of amides is 1. The fourth-order valence-electron chi connectivity index (χ4n) is 1.87. The zero-order valence-electron chi connectivity index (χ0n) is 9.24. The molecule has 1 aromatic carbocycles. The summed E-state index contributed by atoms with van der Waals surface area (Å²) in [5.41, 5.74) is 1.19. The summed E-state index contributed by atoms with van der Waals surface area (Å²) in [5.74, 6) is 0.111. The van der Waals surface area contributed by atoms with Crippen LogP contribution in [0.1, 0.15) is 12.5 Å². The minimum Gasteiger partial charge on any atom is -0.353 e. The van der Waals surface area contributed by atoms with E-state index in [-0.39, 0.29) is 11.9 Å². The van der Waals surface area contributed by atoms with Gasteiger partial charge in [0.2, 0.25) is 5.91 Å². The SMILES string of the molecule is CC1C(=O)NCCN1Cc1ccc(Cl)cc1. The van der Waals surface area contributed by atoms with Crippen LogP contribution in [0.4, 0.5) is 0 Å². The van der Waals surface area contributed by atoms with E-state index in [4.69, 9.17) is 11.6 Å². The van der Waals surface area contributed by atoms with Gasteiger partial charge in [-0.2, -0.15) is 0 Å². The van der Waals surface area contributed by atoms with E-state index in [1.54, 1.807) is 0 Å². The van der Waals surface area contributed by atoms with Gasteiger partial charge in [-0.15, -0.1) is 0 Å². The van der Waals surface area contributed by atoms with Crippen LogP contribution in [0.25, 0.3) is 0 Å². The second kappa shape index (κ2) is 4.85. The van der Waals surface area contributed by atoms with E-state index in [0.29, 0.717) is 0 Å². The number of rotatable bonds is 2. The highest BCUT2D eigenvalue weighted by atomic mass is 35.5. The van der Waals surface area contributed by atoms with Crippen molar-refractivity contribution in [3.05, 3.63) is 34.9 Å². The van der Waals surface area contributed by atoms with Crippen LogP contribution in [-0.4, -0.2) is 29.9 Å². The van der Waals surface area contributed by atoms with Crippen molar-refractivity contribution in [3.8, 4) is 0 Å². The molecule has 1 heterocycles. The van der Waals surface area contributed by atoms with Gasteiger partial charge in [0.1, 0.15) is 0 Å². The molecule has 16 heavy (non-hydrogen) atoms. The first-order chi connectivity index (χ1) is 7.66. The Bertz CT molecular complexity index is 377. The Morgan fingerprint density at radius 2 is 2.12 bits per heavy atom. The van der Waals surface area contributed by atoms with Crippen LogP contribution in [0, 0.1) is 0 Å². The van der Waals surface area contributed by atoms with Crippen LogP contribution in [-0.2, 0) is 11.3 Å². The van der Waals surface area contributed by atoms with Crippen molar-refractivity contribution in [2.45, 2.75) is 19.5 Å². The van der Waals surface area contributed by atoms with Gasteiger partial charge in [0.25, 0.3) is 0 Å². The first-order valence-corrected chi connectivity index (χ1v) is 5.81. The van der Waals surface area contributed by atoms with E-state index < -0.39 is 0 Å². The topological polar surface area (TPSA) is 32.3 Å². The molecule has 0 aromatic heterocycles. The molecule has 86 valence electrons. The van der Waals surface area contributed by atoms with Crippen molar-refractivity contribution in [3.63, 3.8) is 0 Å². The summed E-state index contributed by atoms with van der Waals surface area (Å²) in [5, 5.41) is 3.60. The Hall–Kier alpha value is -1.06. The molecule has 3 nitrogen and oxygen atoms in total. The van der Waals surface area contributed by atoms with Gasteiger partial charge in [0.15, 0.2) is 0 Å². The van der Waals surface area contributed by atoms with Crippen LogP contribution in [0.15, 0.2) is 24.3 Å². The van der Waals surface area contributed by atoms with Gasteiger partial charge in [-0.05, 0) is 24.6 Å². The second-order valence-electron chi connectivity index (χ2n) is 4.06. The van der Waals surface area contributed by atoms with Gasteiger partial charge < -0.3 is 5.32 Å². The maximum Gasteiger partial charge on any atom is 0.237 e. The molecule has 1 atom stereocenters. The number of halogens is 1. The number of nitrogens with zero attached hydrogens (tertiary/aromatic N) is 1. The Morgan fingerprint density at radius 3 is 2.81 bits per heavy atom. The molecular formula is C12H15ClN2O. The molecule has 0 bridgehead atoms. The minimum atomic E-state index is -0.0515. The van der Waals surface area contributed by atoms with Crippen molar-refractivity contribution in [1.82, 2.24) is 10.2 Å². The smallest absolute Gasteiger partial charge is 0.237 e. The number of benzene rings is 1. The molecule has 4 heteroatoms. The molecule has 0 spiro atoms. The van der Waals surface area contributed by atoms with Crippen LogP contribution in [0.3, 0.4) is 0 Å². The molecule has 1 aliphatic heterocycles. The van der Waals surface area contributed by atoms with E-state index in [0.717, 1.165) is 24.7 Å². The second-order valence-corrected chi connectivity index (χ2v) is 4.50. The molecule has 1 fully saturated rings. The van der Waals surface area contributed by atoms with Crippen molar-refractivity contribution >= 4 is 17.5 Å². The zero-order valence-corrected chi connectivity index (χ0v) is 10.00. The molecule has 1 amide bonds. The summed E-state index contributed by atoms with van der Waals surface area (Å²) in [7, 11) is 0. The van der Waals surface area contributed by atoms with Gasteiger partial charge in [-0.3, -0.25) is 9.69 Å². The van der Waals surface area contributed by atoms with Crippen LogP contribution < -0.4 is 5.32 Å². The first kappa shape index (κ1) is 11.4. The molecule has 1 saturated heterocycles. The van der Waals surface area contributed by atoms with E-state index in [9.17, 15) is 4.79 Å². The highest BCUT2D eigenvalue weighted by molar-refractivity contribution is 6.30. The molecule has 1 unspecified atom stereocenters. The fourth-order valence-corrected chi connectivity index (χ4v) is 2.00. The lowest BCUT2D eigenvalue weighted by Crippen LogP contribution is -2.53. The summed E-state index contributed by atoms with van der Waals surface area (Å²) < 4.78 is 0. The Kier molecular flexibility index (Phi) is 3.46. The third-order valence-corrected chi connectivity index (χ3v) is 3.18. The Morgan fingerprint density at radius 1 is 1.44 bits per heavy atom. The summed E-state index contributed by atoms with van der Waals surface area (Å²) in [6.45, 7) is 4.36. The maximum absolute atomic E-state index is 11.5. The van der Waals surface area contributed by atoms with Gasteiger partial charge in [-0.1, -0.05) is 23.7 Å². The van der Waals surface area contributed by atoms with Gasteiger partial charge in [0, 0.05) is 24.7 Å². The standard InChI is InChI=1S/C12H15ClN2O/c1-9-12(16)14-6-7-15(9)8-10-2-4-11(13)5-3-10/h2-5,9H,6-8H2,1H3,(H,14,16). The number of nitrogens with one attached hydrogen (secondary N) is 1. The summed E-state index contributed by atoms with van der Waals surface area (Å²) in [6.07, 6.45) is 0. The van der Waals surface area contributed by atoms with Crippen molar-refractivity contribution in [2.24, 2.45) is 0 Å². The largest absolute Gasteiger partial charge is 0.353 e. The Labute approximate surface area is 100 Å². The molecule has 0 aliphatic carbocycles. The summed E-state index contributed by atoms with van der Waals surface area (Å²) >= 11 is 5.83. The number of carbonyl (C=O) groups is 1. The van der Waals surface area contributed by atoms with Crippen LogP contribution in [0.5, 0.6) is 0 Å².